The third-order valence-corrected chi connectivity index (χ3v) is 4.23. The molecule has 0 saturated heterocycles. The Bertz CT molecular complexity index is 1060. The fraction of sp³-hybridized carbons (Fsp3) is 0.192. The molecule has 33 heavy (non-hydrogen) atoms. The second kappa shape index (κ2) is 14.0. The summed E-state index contributed by atoms with van der Waals surface area (Å²) in [6, 6.07) is 20.2. The van der Waals surface area contributed by atoms with Gasteiger partial charge in [-0.3, -0.25) is 25.3 Å². The number of amidine groups is 1. The normalized spacial score (nSPS) is 9.36. The van der Waals surface area contributed by atoms with Crippen LogP contribution in [0.25, 0.3) is 22.5 Å². The van der Waals surface area contributed by atoms with E-state index in [0.717, 1.165) is 45.3 Å². The van der Waals surface area contributed by atoms with Crippen molar-refractivity contribution in [1.82, 2.24) is 19.9 Å². The smallest absolute Gasteiger partial charge is 0.388 e. The van der Waals surface area contributed by atoms with E-state index >= 15 is 0 Å². The number of nitrogens with one attached hydrogen (secondary N) is 1. The summed E-state index contributed by atoms with van der Waals surface area (Å²) in [5.41, 5.74) is 12.8. The van der Waals surface area contributed by atoms with Crippen LogP contribution in [0.3, 0.4) is 0 Å². The zero-order valence-electron chi connectivity index (χ0n) is 19.6. The van der Waals surface area contributed by atoms with Crippen LogP contribution in [-0.2, 0) is 20.1 Å². The molecule has 0 aliphatic rings. The summed E-state index contributed by atoms with van der Waals surface area (Å²) in [7, 11) is 0. The monoisotopic (exact) mass is 619 g/mol. The average molecular weight is 619 g/mol. The van der Waals surface area contributed by atoms with Gasteiger partial charge in [0.1, 0.15) is 0 Å². The first-order valence-corrected chi connectivity index (χ1v) is 10.3. The Morgan fingerprint density at radius 2 is 0.970 bits per heavy atom. The molecule has 0 unspecified atom stereocenters. The molecule has 3 N–H and O–H groups in total. The van der Waals surface area contributed by atoms with Crippen molar-refractivity contribution < 1.29 is 20.1 Å². The minimum absolute atomic E-state index is 0. The molecule has 0 saturated carbocycles. The van der Waals surface area contributed by atoms with Gasteiger partial charge in [-0.1, -0.05) is 60.7 Å². The van der Waals surface area contributed by atoms with E-state index < -0.39 is 0 Å². The van der Waals surface area contributed by atoms with Crippen LogP contribution in [0, 0.1) is 33.1 Å². The van der Waals surface area contributed by atoms with Gasteiger partial charge in [-0.15, -0.1) is 0 Å². The van der Waals surface area contributed by atoms with E-state index in [9.17, 15) is 0 Å². The van der Waals surface area contributed by atoms with E-state index in [1.807, 2.05) is 88.4 Å². The molecule has 4 rings (SSSR count). The van der Waals surface area contributed by atoms with Crippen molar-refractivity contribution in [2.24, 2.45) is 5.73 Å². The average Bonchev–Trinajstić information content (AvgIpc) is 2.75. The quantitative estimate of drug-likeness (QED) is 0.230. The second-order valence-electron chi connectivity index (χ2n) is 7.31. The zero-order valence-corrected chi connectivity index (χ0v) is 22.0. The fourth-order valence-electron chi connectivity index (χ4n) is 2.95. The van der Waals surface area contributed by atoms with Gasteiger partial charge in [0.25, 0.3) is 0 Å². The first-order chi connectivity index (χ1) is 15.3. The van der Waals surface area contributed by atoms with Gasteiger partial charge in [0.05, 0.1) is 40.0 Å². The minimum Gasteiger partial charge on any atom is -0.388 e. The van der Waals surface area contributed by atoms with E-state index in [1.54, 1.807) is 12.4 Å². The topological polar surface area (TPSA) is 101 Å². The Labute approximate surface area is 209 Å². The molecule has 0 amide bonds. The summed E-state index contributed by atoms with van der Waals surface area (Å²) in [4.78, 5) is 17.5. The van der Waals surface area contributed by atoms with E-state index in [0.29, 0.717) is 0 Å². The van der Waals surface area contributed by atoms with E-state index in [-0.39, 0.29) is 25.9 Å². The number of hydrogen-bond acceptors (Lipinski definition) is 5. The molecular formula is C26H30IrN6+3. The Hall–Kier alpha value is -3.28. The standard InChI is InChI=1S/2C12H12N2.C2H6N2.Ir/c2*1-9-8-13-12(10(2)14-9)11-6-4-3-5-7-11;1-2(3)4;/h2*3-8H,1-2H3;1H3,(H3,3,4);/q;;;+3. The number of benzene rings is 2. The van der Waals surface area contributed by atoms with Gasteiger partial charge in [-0.2, -0.15) is 0 Å². The Kier molecular flexibility index (Phi) is 11.8. The third kappa shape index (κ3) is 9.39. The molecule has 170 valence electrons. The van der Waals surface area contributed by atoms with Crippen LogP contribution in [0.5, 0.6) is 0 Å². The Morgan fingerprint density at radius 3 is 1.24 bits per heavy atom. The maximum Gasteiger partial charge on any atom is 3.00 e. The number of nitrogens with zero attached hydrogens (tertiary/aromatic N) is 4. The predicted molar refractivity (Wildman–Crippen MR) is 131 cm³/mol. The van der Waals surface area contributed by atoms with Crippen LogP contribution in [-0.4, -0.2) is 25.8 Å². The van der Waals surface area contributed by atoms with Crippen molar-refractivity contribution in [2.45, 2.75) is 34.6 Å². The summed E-state index contributed by atoms with van der Waals surface area (Å²) < 4.78 is 0. The molecule has 0 atom stereocenters. The summed E-state index contributed by atoms with van der Waals surface area (Å²) in [6.07, 6.45) is 3.60. The van der Waals surface area contributed by atoms with Gasteiger partial charge in [0.2, 0.25) is 0 Å². The maximum absolute atomic E-state index is 6.28. The first-order valence-electron chi connectivity index (χ1n) is 10.3. The molecule has 0 bridgehead atoms. The van der Waals surface area contributed by atoms with Crippen molar-refractivity contribution in [1.29, 1.82) is 5.41 Å². The molecule has 6 nitrogen and oxygen atoms in total. The van der Waals surface area contributed by atoms with E-state index in [4.69, 9.17) is 11.1 Å². The summed E-state index contributed by atoms with van der Waals surface area (Å²) in [5, 5.41) is 6.28. The summed E-state index contributed by atoms with van der Waals surface area (Å²) in [5.74, 6) is 0.167. The van der Waals surface area contributed by atoms with Gasteiger partial charge in [-0.25, -0.2) is 0 Å². The van der Waals surface area contributed by atoms with Gasteiger partial charge < -0.3 is 5.73 Å². The molecular weight excluding hydrogens is 589 g/mol. The van der Waals surface area contributed by atoms with Crippen LogP contribution in [0.4, 0.5) is 0 Å². The predicted octanol–water partition coefficient (Wildman–Crippen LogP) is 5.46. The second-order valence-corrected chi connectivity index (χ2v) is 7.31. The first kappa shape index (κ1) is 27.8. The minimum atomic E-state index is 0. The molecule has 4 aromatic rings. The molecule has 7 heteroatoms. The Balaban J connectivity index is 0.000000278. The maximum atomic E-state index is 6.28. The van der Waals surface area contributed by atoms with Crippen LogP contribution in [0.2, 0.25) is 0 Å². The molecule has 2 aromatic heterocycles. The van der Waals surface area contributed by atoms with Gasteiger partial charge >= 0.3 is 20.1 Å². The third-order valence-electron chi connectivity index (χ3n) is 4.23. The molecule has 0 aliphatic heterocycles. The molecule has 0 radical (unpaired) electrons. The molecule has 2 aromatic carbocycles. The van der Waals surface area contributed by atoms with Crippen molar-refractivity contribution in [3.63, 3.8) is 0 Å². The largest absolute Gasteiger partial charge is 3.00 e. The van der Waals surface area contributed by atoms with Crippen LogP contribution in [0.1, 0.15) is 29.7 Å². The van der Waals surface area contributed by atoms with Crippen molar-refractivity contribution >= 4 is 5.84 Å². The number of aromatic nitrogens is 4. The van der Waals surface area contributed by atoms with Gasteiger partial charge in [0.15, 0.2) is 0 Å². The fourth-order valence-corrected chi connectivity index (χ4v) is 2.95. The number of nitrogens with two attached hydrogens (primary N) is 1. The SMILES string of the molecule is CC(=N)N.Cc1cnc(-c2ccccc2)c(C)n1.Cc1cnc(-c2ccccc2)c(C)n1.[Ir+3]. The number of rotatable bonds is 2. The number of aryl methyl sites for hydroxylation is 4. The van der Waals surface area contributed by atoms with Crippen LogP contribution < -0.4 is 5.73 Å². The summed E-state index contributed by atoms with van der Waals surface area (Å²) >= 11 is 0. The molecule has 2 heterocycles. The Morgan fingerprint density at radius 1 is 0.667 bits per heavy atom. The molecule has 0 spiro atoms. The van der Waals surface area contributed by atoms with Crippen LogP contribution >= 0.6 is 0 Å². The van der Waals surface area contributed by atoms with E-state index in [1.165, 1.54) is 6.92 Å². The van der Waals surface area contributed by atoms with E-state index in [2.05, 4.69) is 19.9 Å². The van der Waals surface area contributed by atoms with Gasteiger partial charge in [0, 0.05) is 23.5 Å². The van der Waals surface area contributed by atoms with Crippen LogP contribution in [0.15, 0.2) is 73.1 Å². The van der Waals surface area contributed by atoms with Crippen molar-refractivity contribution in [3.8, 4) is 22.5 Å². The van der Waals surface area contributed by atoms with Crippen molar-refractivity contribution in [2.75, 3.05) is 0 Å². The van der Waals surface area contributed by atoms with Gasteiger partial charge in [-0.05, 0) is 34.6 Å². The molecule has 0 aliphatic carbocycles. The van der Waals surface area contributed by atoms with Crippen molar-refractivity contribution in [3.05, 3.63) is 95.8 Å². The summed E-state index contributed by atoms with van der Waals surface area (Å²) in [6.45, 7) is 9.41. The zero-order chi connectivity index (χ0) is 23.5. The molecule has 0 fully saturated rings. The number of hydrogen-bond donors (Lipinski definition) is 2.